The molecule has 0 heterocycles. The number of aryl methyl sites for hydroxylation is 3. The fraction of sp³-hybridized carbons (Fsp3) is 0.208. The fourth-order valence-electron chi connectivity index (χ4n) is 3.12. The Balaban J connectivity index is 1.79. The zero-order valence-electron chi connectivity index (χ0n) is 16.7. The first kappa shape index (κ1) is 19.5. The molecule has 3 rings (SSSR count). The molecule has 0 atom stereocenters. The van der Waals surface area contributed by atoms with Gasteiger partial charge < -0.3 is 14.8 Å². The number of carbonyl (C=O) groups excluding carboxylic acids is 1. The van der Waals surface area contributed by atoms with Crippen LogP contribution in [0.4, 0.5) is 5.69 Å². The van der Waals surface area contributed by atoms with E-state index in [-0.39, 0.29) is 5.91 Å². The number of ether oxygens (including phenoxy) is 2. The van der Waals surface area contributed by atoms with Gasteiger partial charge >= 0.3 is 0 Å². The first-order valence-electron chi connectivity index (χ1n) is 9.21. The highest BCUT2D eigenvalue weighted by atomic mass is 16.5. The Bertz CT molecular complexity index is 975. The quantitative estimate of drug-likeness (QED) is 0.623. The Morgan fingerprint density at radius 2 is 1.64 bits per heavy atom. The number of anilines is 1. The van der Waals surface area contributed by atoms with Gasteiger partial charge in [0.05, 0.1) is 7.11 Å². The predicted molar refractivity (Wildman–Crippen MR) is 112 cm³/mol. The summed E-state index contributed by atoms with van der Waals surface area (Å²) in [4.78, 5) is 12.7. The maximum atomic E-state index is 12.7. The summed E-state index contributed by atoms with van der Waals surface area (Å²) in [5.74, 6) is 1.33. The molecule has 0 aliphatic carbocycles. The minimum absolute atomic E-state index is 0.162. The summed E-state index contributed by atoms with van der Waals surface area (Å²) >= 11 is 0. The van der Waals surface area contributed by atoms with Gasteiger partial charge in [0.2, 0.25) is 0 Å². The summed E-state index contributed by atoms with van der Waals surface area (Å²) in [6, 6.07) is 19.2. The minimum atomic E-state index is -0.162. The highest BCUT2D eigenvalue weighted by Gasteiger charge is 2.12. The Labute approximate surface area is 166 Å². The molecule has 0 spiro atoms. The van der Waals surface area contributed by atoms with Gasteiger partial charge in [-0.1, -0.05) is 24.3 Å². The van der Waals surface area contributed by atoms with Crippen molar-refractivity contribution in [3.8, 4) is 11.5 Å². The number of para-hydroxylation sites is 1. The van der Waals surface area contributed by atoms with E-state index in [4.69, 9.17) is 9.47 Å². The van der Waals surface area contributed by atoms with Gasteiger partial charge in [-0.15, -0.1) is 0 Å². The molecule has 3 aromatic rings. The van der Waals surface area contributed by atoms with Gasteiger partial charge in [-0.05, 0) is 73.9 Å². The van der Waals surface area contributed by atoms with Gasteiger partial charge in [-0.2, -0.15) is 0 Å². The number of methoxy groups -OCH3 is 1. The molecule has 0 saturated heterocycles. The van der Waals surface area contributed by atoms with E-state index < -0.39 is 0 Å². The van der Waals surface area contributed by atoms with Crippen LogP contribution in [0.15, 0.2) is 60.7 Å². The van der Waals surface area contributed by atoms with E-state index in [1.54, 1.807) is 19.2 Å². The van der Waals surface area contributed by atoms with Gasteiger partial charge in [0, 0.05) is 16.8 Å². The van der Waals surface area contributed by atoms with Crippen molar-refractivity contribution in [1.82, 2.24) is 0 Å². The van der Waals surface area contributed by atoms with Crippen molar-refractivity contribution >= 4 is 11.6 Å². The number of rotatable bonds is 6. The standard InChI is InChI=1S/C24H25NO3/c1-16-11-17(2)13-21(12-16)28-15-20-14-19(9-10-23(20)27-4)24(26)25-22-8-6-5-7-18(22)3/h5-14H,15H2,1-4H3,(H,25,26). The Morgan fingerprint density at radius 1 is 0.929 bits per heavy atom. The number of carbonyl (C=O) groups is 1. The fourth-order valence-corrected chi connectivity index (χ4v) is 3.12. The lowest BCUT2D eigenvalue weighted by Gasteiger charge is -2.13. The lowest BCUT2D eigenvalue weighted by Crippen LogP contribution is -2.13. The second kappa shape index (κ2) is 8.61. The van der Waals surface area contributed by atoms with Crippen LogP contribution in [0.5, 0.6) is 11.5 Å². The second-order valence-corrected chi connectivity index (χ2v) is 6.91. The summed E-state index contributed by atoms with van der Waals surface area (Å²) in [5.41, 5.74) is 5.49. The first-order valence-corrected chi connectivity index (χ1v) is 9.21. The lowest BCUT2D eigenvalue weighted by molar-refractivity contribution is 0.102. The van der Waals surface area contributed by atoms with E-state index in [0.29, 0.717) is 17.9 Å². The normalized spacial score (nSPS) is 10.4. The highest BCUT2D eigenvalue weighted by molar-refractivity contribution is 6.04. The van der Waals surface area contributed by atoms with Gasteiger partial charge in [0.15, 0.2) is 0 Å². The van der Waals surface area contributed by atoms with Crippen LogP contribution in [0.1, 0.15) is 32.6 Å². The maximum absolute atomic E-state index is 12.7. The second-order valence-electron chi connectivity index (χ2n) is 6.91. The molecule has 0 saturated carbocycles. The molecule has 4 nitrogen and oxygen atoms in total. The van der Waals surface area contributed by atoms with E-state index in [9.17, 15) is 4.79 Å². The van der Waals surface area contributed by atoms with Crippen LogP contribution in [0.3, 0.4) is 0 Å². The monoisotopic (exact) mass is 375 g/mol. The van der Waals surface area contributed by atoms with Gasteiger partial charge in [-0.3, -0.25) is 4.79 Å². The molecule has 0 bridgehead atoms. The van der Waals surface area contributed by atoms with Crippen LogP contribution < -0.4 is 14.8 Å². The number of amides is 1. The number of hydrogen-bond acceptors (Lipinski definition) is 3. The molecule has 0 aliphatic rings. The van der Waals surface area contributed by atoms with Gasteiger partial charge in [0.25, 0.3) is 5.91 Å². The lowest BCUT2D eigenvalue weighted by atomic mass is 10.1. The molecule has 4 heteroatoms. The third-order valence-electron chi connectivity index (χ3n) is 4.53. The number of hydrogen-bond donors (Lipinski definition) is 1. The van der Waals surface area contributed by atoms with Crippen LogP contribution in [0.25, 0.3) is 0 Å². The van der Waals surface area contributed by atoms with Crippen LogP contribution in [-0.4, -0.2) is 13.0 Å². The summed E-state index contributed by atoms with van der Waals surface area (Å²) in [7, 11) is 1.61. The smallest absolute Gasteiger partial charge is 0.255 e. The van der Waals surface area contributed by atoms with Gasteiger partial charge in [-0.25, -0.2) is 0 Å². The van der Waals surface area contributed by atoms with Crippen molar-refractivity contribution in [1.29, 1.82) is 0 Å². The Morgan fingerprint density at radius 3 is 2.32 bits per heavy atom. The summed E-state index contributed by atoms with van der Waals surface area (Å²) in [5, 5.41) is 2.96. The highest BCUT2D eigenvalue weighted by Crippen LogP contribution is 2.24. The van der Waals surface area contributed by atoms with Crippen molar-refractivity contribution in [2.24, 2.45) is 0 Å². The minimum Gasteiger partial charge on any atom is -0.496 e. The number of nitrogens with one attached hydrogen (secondary N) is 1. The van der Waals surface area contributed by atoms with Crippen LogP contribution in [0, 0.1) is 20.8 Å². The third kappa shape index (κ3) is 4.71. The molecule has 1 N–H and O–H groups in total. The van der Waals surface area contributed by atoms with E-state index in [2.05, 4.69) is 11.4 Å². The van der Waals surface area contributed by atoms with Crippen molar-refractivity contribution < 1.29 is 14.3 Å². The van der Waals surface area contributed by atoms with Crippen molar-refractivity contribution in [2.75, 3.05) is 12.4 Å². The van der Waals surface area contributed by atoms with Crippen molar-refractivity contribution in [2.45, 2.75) is 27.4 Å². The van der Waals surface area contributed by atoms with Crippen LogP contribution in [-0.2, 0) is 6.61 Å². The molecule has 1 amide bonds. The molecule has 3 aromatic carbocycles. The molecule has 0 radical (unpaired) electrons. The molecule has 0 aliphatic heterocycles. The largest absolute Gasteiger partial charge is 0.496 e. The van der Waals surface area contributed by atoms with Crippen molar-refractivity contribution in [3.05, 3.63) is 88.5 Å². The predicted octanol–water partition coefficient (Wildman–Crippen LogP) is 5.45. The average molecular weight is 375 g/mol. The zero-order chi connectivity index (χ0) is 20.1. The zero-order valence-corrected chi connectivity index (χ0v) is 16.7. The molecule has 144 valence electrons. The molecular formula is C24H25NO3. The SMILES string of the molecule is COc1ccc(C(=O)Nc2ccccc2C)cc1COc1cc(C)cc(C)c1. The van der Waals surface area contributed by atoms with Gasteiger partial charge in [0.1, 0.15) is 18.1 Å². The summed E-state index contributed by atoms with van der Waals surface area (Å²) in [6.07, 6.45) is 0. The van der Waals surface area contributed by atoms with Crippen molar-refractivity contribution in [3.63, 3.8) is 0 Å². The summed E-state index contributed by atoms with van der Waals surface area (Å²) in [6.45, 7) is 6.36. The van der Waals surface area contributed by atoms with Crippen LogP contribution >= 0.6 is 0 Å². The molecule has 0 aromatic heterocycles. The molecule has 0 unspecified atom stereocenters. The third-order valence-corrected chi connectivity index (χ3v) is 4.53. The topological polar surface area (TPSA) is 47.6 Å². The molecular weight excluding hydrogens is 350 g/mol. The Kier molecular flexibility index (Phi) is 5.99. The molecule has 0 fully saturated rings. The average Bonchev–Trinajstić information content (AvgIpc) is 2.67. The van der Waals surface area contributed by atoms with Crippen LogP contribution in [0.2, 0.25) is 0 Å². The van der Waals surface area contributed by atoms with E-state index >= 15 is 0 Å². The van der Waals surface area contributed by atoms with E-state index in [1.807, 2.05) is 63.2 Å². The first-order chi connectivity index (χ1) is 13.5. The Hall–Kier alpha value is -3.27. The molecule has 28 heavy (non-hydrogen) atoms. The maximum Gasteiger partial charge on any atom is 0.255 e. The van der Waals surface area contributed by atoms with E-state index in [0.717, 1.165) is 33.7 Å². The van der Waals surface area contributed by atoms with E-state index in [1.165, 1.54) is 0 Å². The number of benzene rings is 3. The summed E-state index contributed by atoms with van der Waals surface area (Å²) < 4.78 is 11.4.